The van der Waals surface area contributed by atoms with E-state index in [1.807, 2.05) is 30.3 Å². The maximum absolute atomic E-state index is 12.1. The van der Waals surface area contributed by atoms with Gasteiger partial charge in [-0.15, -0.1) is 0 Å². The summed E-state index contributed by atoms with van der Waals surface area (Å²) < 4.78 is 5.14. The van der Waals surface area contributed by atoms with E-state index in [9.17, 15) is 4.79 Å². The molecule has 0 radical (unpaired) electrons. The molecular formula is C15H16N6O2. The summed E-state index contributed by atoms with van der Waals surface area (Å²) in [6, 6.07) is 9.42. The van der Waals surface area contributed by atoms with Crippen LogP contribution in [-0.4, -0.2) is 36.3 Å². The second kappa shape index (κ2) is 6.41. The molecule has 1 atom stereocenters. The smallest absolute Gasteiger partial charge is 0.228 e. The molecule has 1 N–H and O–H groups in total. The molecule has 8 heteroatoms. The average Bonchev–Trinajstić information content (AvgIpc) is 3.19. The largest absolute Gasteiger partial charge is 0.497 e. The molecule has 2 aromatic rings. The lowest BCUT2D eigenvalue weighted by atomic mass is 10.1. The van der Waals surface area contributed by atoms with E-state index in [4.69, 9.17) is 10.3 Å². The molecule has 1 aromatic carbocycles. The number of H-pyrrole nitrogens is 1. The standard InChI is InChI=1S/C15H16N6O2/c1-23-12-4-2-11(3-5-12)13-7-14(19-18-13)21-9-10(6-15(21)22)8-17-20-16/h2-5,7,10H,6,8-9H2,1H3,(H,18,19). The van der Waals surface area contributed by atoms with Crippen molar-refractivity contribution < 1.29 is 9.53 Å². The van der Waals surface area contributed by atoms with Gasteiger partial charge in [-0.1, -0.05) is 5.11 Å². The highest BCUT2D eigenvalue weighted by Crippen LogP contribution is 2.28. The molecule has 0 spiro atoms. The molecule has 1 fully saturated rings. The predicted molar refractivity (Wildman–Crippen MR) is 85.0 cm³/mol. The Hall–Kier alpha value is -2.99. The van der Waals surface area contributed by atoms with Crippen molar-refractivity contribution in [1.82, 2.24) is 10.2 Å². The number of rotatable bonds is 5. The third-order valence-corrected chi connectivity index (χ3v) is 3.85. The number of ether oxygens (including phenoxy) is 1. The lowest BCUT2D eigenvalue weighted by Gasteiger charge is -2.12. The average molecular weight is 312 g/mol. The number of nitrogens with zero attached hydrogens (tertiary/aromatic N) is 5. The van der Waals surface area contributed by atoms with Gasteiger partial charge in [-0.3, -0.25) is 14.8 Å². The number of aromatic nitrogens is 2. The van der Waals surface area contributed by atoms with Crippen LogP contribution < -0.4 is 9.64 Å². The van der Waals surface area contributed by atoms with Crippen molar-refractivity contribution >= 4 is 11.7 Å². The van der Waals surface area contributed by atoms with Crippen LogP contribution in [-0.2, 0) is 4.79 Å². The highest BCUT2D eigenvalue weighted by atomic mass is 16.5. The monoisotopic (exact) mass is 312 g/mol. The molecule has 1 unspecified atom stereocenters. The van der Waals surface area contributed by atoms with Gasteiger partial charge in [0.2, 0.25) is 5.91 Å². The summed E-state index contributed by atoms with van der Waals surface area (Å²) in [4.78, 5) is 16.5. The van der Waals surface area contributed by atoms with Crippen molar-refractivity contribution in [2.75, 3.05) is 25.1 Å². The number of carbonyl (C=O) groups is 1. The number of methoxy groups -OCH3 is 1. The third-order valence-electron chi connectivity index (χ3n) is 3.85. The number of nitrogens with one attached hydrogen (secondary N) is 1. The van der Waals surface area contributed by atoms with Gasteiger partial charge in [-0.05, 0) is 41.3 Å². The topological polar surface area (TPSA) is 107 Å². The fraction of sp³-hybridized carbons (Fsp3) is 0.333. The first-order valence-electron chi connectivity index (χ1n) is 7.22. The van der Waals surface area contributed by atoms with Crippen molar-refractivity contribution in [2.45, 2.75) is 6.42 Å². The molecule has 0 saturated carbocycles. The summed E-state index contributed by atoms with van der Waals surface area (Å²) in [7, 11) is 1.62. The summed E-state index contributed by atoms with van der Waals surface area (Å²) in [6.07, 6.45) is 0.379. The molecule has 2 heterocycles. The molecule has 23 heavy (non-hydrogen) atoms. The van der Waals surface area contributed by atoms with Gasteiger partial charge in [-0.2, -0.15) is 5.10 Å². The SMILES string of the molecule is COc1ccc(-c2cc(N3CC(CN=[N+]=[N-])CC3=O)n[nH]2)cc1. The Morgan fingerprint density at radius 3 is 2.96 bits per heavy atom. The maximum Gasteiger partial charge on any atom is 0.228 e. The highest BCUT2D eigenvalue weighted by molar-refractivity contribution is 5.95. The van der Waals surface area contributed by atoms with Gasteiger partial charge in [0.05, 0.1) is 12.8 Å². The quantitative estimate of drug-likeness (QED) is 0.521. The minimum Gasteiger partial charge on any atom is -0.497 e. The van der Waals surface area contributed by atoms with E-state index in [2.05, 4.69) is 20.2 Å². The number of anilines is 1. The Balaban J connectivity index is 1.76. The van der Waals surface area contributed by atoms with Crippen LogP contribution in [0.2, 0.25) is 0 Å². The zero-order chi connectivity index (χ0) is 16.2. The molecule has 0 bridgehead atoms. The molecule has 1 amide bonds. The lowest BCUT2D eigenvalue weighted by molar-refractivity contribution is -0.117. The third kappa shape index (κ3) is 3.12. The number of carbonyl (C=O) groups excluding carboxylic acids is 1. The van der Waals surface area contributed by atoms with Crippen molar-refractivity contribution in [3.05, 3.63) is 40.8 Å². The van der Waals surface area contributed by atoms with Gasteiger partial charge in [0.1, 0.15) is 5.75 Å². The summed E-state index contributed by atoms with van der Waals surface area (Å²) in [5.74, 6) is 1.41. The Kier molecular flexibility index (Phi) is 4.16. The van der Waals surface area contributed by atoms with E-state index in [0.717, 1.165) is 17.0 Å². The van der Waals surface area contributed by atoms with Crippen molar-refractivity contribution in [1.29, 1.82) is 0 Å². The molecule has 8 nitrogen and oxygen atoms in total. The predicted octanol–water partition coefficient (Wildman–Crippen LogP) is 2.75. The van der Waals surface area contributed by atoms with Crippen molar-refractivity contribution in [3.8, 4) is 17.0 Å². The van der Waals surface area contributed by atoms with Crippen LogP contribution in [0.1, 0.15) is 6.42 Å². The fourth-order valence-electron chi connectivity index (χ4n) is 2.65. The molecule has 1 aliphatic heterocycles. The Bertz CT molecular complexity index is 748. The van der Waals surface area contributed by atoms with Gasteiger partial charge < -0.3 is 4.74 Å². The van der Waals surface area contributed by atoms with Crippen LogP contribution in [0, 0.1) is 5.92 Å². The summed E-state index contributed by atoms with van der Waals surface area (Å²) >= 11 is 0. The van der Waals surface area contributed by atoms with E-state index < -0.39 is 0 Å². The van der Waals surface area contributed by atoms with Crippen LogP contribution in [0.4, 0.5) is 5.82 Å². The fourth-order valence-corrected chi connectivity index (χ4v) is 2.65. The normalized spacial score (nSPS) is 17.2. The zero-order valence-corrected chi connectivity index (χ0v) is 12.6. The Morgan fingerprint density at radius 2 is 2.26 bits per heavy atom. The van der Waals surface area contributed by atoms with Crippen molar-refractivity contribution in [3.63, 3.8) is 0 Å². The van der Waals surface area contributed by atoms with Gasteiger partial charge >= 0.3 is 0 Å². The van der Waals surface area contributed by atoms with Gasteiger partial charge in [-0.25, -0.2) is 0 Å². The zero-order valence-electron chi connectivity index (χ0n) is 12.6. The Morgan fingerprint density at radius 1 is 1.48 bits per heavy atom. The lowest BCUT2D eigenvalue weighted by Crippen LogP contribution is -2.25. The number of aromatic amines is 1. The molecule has 1 saturated heterocycles. The van der Waals surface area contributed by atoms with E-state index >= 15 is 0 Å². The molecule has 118 valence electrons. The van der Waals surface area contributed by atoms with E-state index in [0.29, 0.717) is 25.3 Å². The number of amides is 1. The second-order valence-electron chi connectivity index (χ2n) is 5.36. The van der Waals surface area contributed by atoms with E-state index in [1.54, 1.807) is 12.0 Å². The van der Waals surface area contributed by atoms with Crippen LogP contribution in [0.25, 0.3) is 21.7 Å². The summed E-state index contributed by atoms with van der Waals surface area (Å²) in [5, 5.41) is 10.7. The summed E-state index contributed by atoms with van der Waals surface area (Å²) in [5.41, 5.74) is 10.2. The van der Waals surface area contributed by atoms with E-state index in [1.165, 1.54) is 0 Å². The van der Waals surface area contributed by atoms with Gasteiger partial charge in [0.25, 0.3) is 0 Å². The minimum atomic E-state index is -0.00378. The Labute approximate surface area is 132 Å². The minimum absolute atomic E-state index is 0.00378. The highest BCUT2D eigenvalue weighted by Gasteiger charge is 2.31. The van der Waals surface area contributed by atoms with Crippen LogP contribution in [0.15, 0.2) is 35.4 Å². The van der Waals surface area contributed by atoms with E-state index in [-0.39, 0.29) is 11.8 Å². The molecule has 0 aliphatic carbocycles. The number of benzene rings is 1. The van der Waals surface area contributed by atoms with Crippen LogP contribution in [0.3, 0.4) is 0 Å². The second-order valence-corrected chi connectivity index (χ2v) is 5.36. The van der Waals surface area contributed by atoms with Crippen LogP contribution in [0.5, 0.6) is 5.75 Å². The summed E-state index contributed by atoms with van der Waals surface area (Å²) in [6.45, 7) is 0.846. The first-order valence-corrected chi connectivity index (χ1v) is 7.22. The molecular weight excluding hydrogens is 296 g/mol. The molecule has 1 aliphatic rings. The number of hydrogen-bond acceptors (Lipinski definition) is 4. The molecule has 1 aromatic heterocycles. The number of azide groups is 1. The van der Waals surface area contributed by atoms with Gasteiger partial charge in [0, 0.05) is 30.5 Å². The number of hydrogen-bond donors (Lipinski definition) is 1. The maximum atomic E-state index is 12.1. The first-order chi connectivity index (χ1) is 11.2. The van der Waals surface area contributed by atoms with Gasteiger partial charge in [0.15, 0.2) is 5.82 Å². The van der Waals surface area contributed by atoms with Crippen LogP contribution >= 0.6 is 0 Å². The molecule has 3 rings (SSSR count). The first kappa shape index (κ1) is 14.9. The van der Waals surface area contributed by atoms with Crippen molar-refractivity contribution in [2.24, 2.45) is 11.0 Å².